The van der Waals surface area contributed by atoms with E-state index in [1.165, 1.54) is 17.6 Å². The number of amides is 2. The van der Waals surface area contributed by atoms with Crippen LogP contribution in [0.4, 0.5) is 5.00 Å². The molecule has 0 saturated carbocycles. The number of aryl methyl sites for hydroxylation is 1. The van der Waals surface area contributed by atoms with Crippen molar-refractivity contribution in [2.75, 3.05) is 25.0 Å². The van der Waals surface area contributed by atoms with Gasteiger partial charge in [0.2, 0.25) is 0 Å². The molecule has 6 nitrogen and oxygen atoms in total. The van der Waals surface area contributed by atoms with Gasteiger partial charge in [-0.05, 0) is 37.6 Å². The zero-order chi connectivity index (χ0) is 16.1. The maximum absolute atomic E-state index is 12.4. The highest BCUT2D eigenvalue weighted by Crippen LogP contribution is 2.28. The number of aliphatic hydroxyl groups is 1. The summed E-state index contributed by atoms with van der Waals surface area (Å²) in [5.41, 5.74) is 0.793. The Morgan fingerprint density at radius 1 is 1.45 bits per heavy atom. The Bertz CT molecular complexity index is 649. The lowest BCUT2D eigenvalue weighted by molar-refractivity contribution is 0.0736. The highest BCUT2D eigenvalue weighted by Gasteiger charge is 2.20. The van der Waals surface area contributed by atoms with Crippen molar-refractivity contribution >= 4 is 28.2 Å². The Kier molecular flexibility index (Phi) is 5.35. The molecule has 0 unspecified atom stereocenters. The summed E-state index contributed by atoms with van der Waals surface area (Å²) in [6.45, 7) is 4.41. The fourth-order valence-electron chi connectivity index (χ4n) is 2.00. The minimum atomic E-state index is -0.354. The molecule has 22 heavy (non-hydrogen) atoms. The van der Waals surface area contributed by atoms with Crippen LogP contribution in [0.1, 0.15) is 32.7 Å². The number of thiophene rings is 1. The number of hydrogen-bond acceptors (Lipinski definition) is 5. The van der Waals surface area contributed by atoms with Crippen molar-refractivity contribution in [3.05, 3.63) is 40.7 Å². The zero-order valence-corrected chi connectivity index (χ0v) is 13.3. The second-order valence-corrected chi connectivity index (χ2v) is 5.71. The van der Waals surface area contributed by atoms with E-state index < -0.39 is 0 Å². The molecule has 0 aliphatic heterocycles. The number of anilines is 1. The molecule has 0 bridgehead atoms. The fraction of sp³-hybridized carbons (Fsp3) is 0.333. The van der Waals surface area contributed by atoms with Gasteiger partial charge in [0.25, 0.3) is 11.8 Å². The molecule has 7 heteroatoms. The number of furan rings is 1. The molecule has 0 aliphatic carbocycles. The fourth-order valence-corrected chi connectivity index (χ4v) is 3.04. The van der Waals surface area contributed by atoms with Crippen molar-refractivity contribution < 1.29 is 19.1 Å². The van der Waals surface area contributed by atoms with Gasteiger partial charge in [0.05, 0.1) is 22.7 Å². The van der Waals surface area contributed by atoms with Crippen molar-refractivity contribution in [1.29, 1.82) is 0 Å². The van der Waals surface area contributed by atoms with Crippen LogP contribution < -0.4 is 5.32 Å². The predicted molar refractivity (Wildman–Crippen MR) is 84.4 cm³/mol. The van der Waals surface area contributed by atoms with Crippen LogP contribution in [-0.2, 0) is 0 Å². The van der Waals surface area contributed by atoms with Crippen LogP contribution in [0, 0.1) is 6.92 Å². The summed E-state index contributed by atoms with van der Waals surface area (Å²) >= 11 is 1.22. The summed E-state index contributed by atoms with van der Waals surface area (Å²) in [7, 11) is 0. The topological polar surface area (TPSA) is 82.8 Å². The van der Waals surface area contributed by atoms with Gasteiger partial charge >= 0.3 is 0 Å². The SMILES string of the molecule is CCN(CCO)C(=O)c1sc(NC(=O)c2ccco2)cc1C. The summed E-state index contributed by atoms with van der Waals surface area (Å²) in [5.74, 6) is -0.278. The lowest BCUT2D eigenvalue weighted by atomic mass is 10.2. The van der Waals surface area contributed by atoms with Crippen LogP contribution in [0.3, 0.4) is 0 Å². The second-order valence-electron chi connectivity index (χ2n) is 4.66. The van der Waals surface area contributed by atoms with E-state index >= 15 is 0 Å². The van der Waals surface area contributed by atoms with Gasteiger partial charge in [0.1, 0.15) is 0 Å². The lowest BCUT2D eigenvalue weighted by Crippen LogP contribution is -2.33. The Morgan fingerprint density at radius 3 is 2.82 bits per heavy atom. The van der Waals surface area contributed by atoms with Gasteiger partial charge in [-0.1, -0.05) is 0 Å². The first-order valence-electron chi connectivity index (χ1n) is 6.92. The molecule has 2 N–H and O–H groups in total. The minimum absolute atomic E-state index is 0.0773. The van der Waals surface area contributed by atoms with Gasteiger partial charge in [-0.2, -0.15) is 0 Å². The Morgan fingerprint density at radius 2 is 2.23 bits per heavy atom. The van der Waals surface area contributed by atoms with E-state index in [9.17, 15) is 9.59 Å². The molecule has 2 aromatic heterocycles. The van der Waals surface area contributed by atoms with E-state index in [-0.39, 0.29) is 24.2 Å². The quantitative estimate of drug-likeness (QED) is 0.855. The van der Waals surface area contributed by atoms with Gasteiger partial charge in [-0.25, -0.2) is 0 Å². The van der Waals surface area contributed by atoms with Gasteiger partial charge < -0.3 is 19.7 Å². The van der Waals surface area contributed by atoms with E-state index in [2.05, 4.69) is 5.32 Å². The van der Waals surface area contributed by atoms with Gasteiger partial charge in [0, 0.05) is 13.1 Å². The molecule has 0 saturated heterocycles. The largest absolute Gasteiger partial charge is 0.459 e. The molecule has 0 aliphatic rings. The summed E-state index contributed by atoms with van der Waals surface area (Å²) in [6, 6.07) is 4.96. The number of nitrogens with zero attached hydrogens (tertiary/aromatic N) is 1. The third-order valence-electron chi connectivity index (χ3n) is 3.13. The average Bonchev–Trinajstić information content (AvgIpc) is 3.14. The Balaban J connectivity index is 2.14. The minimum Gasteiger partial charge on any atom is -0.459 e. The molecule has 2 heterocycles. The third-order valence-corrected chi connectivity index (χ3v) is 4.27. The molecular formula is C15H18N2O4S. The van der Waals surface area contributed by atoms with Crippen molar-refractivity contribution in [3.63, 3.8) is 0 Å². The van der Waals surface area contributed by atoms with E-state index in [0.29, 0.717) is 23.0 Å². The van der Waals surface area contributed by atoms with Crippen LogP contribution in [0.2, 0.25) is 0 Å². The van der Waals surface area contributed by atoms with E-state index in [1.807, 2.05) is 13.8 Å². The first-order chi connectivity index (χ1) is 10.6. The number of carbonyl (C=O) groups excluding carboxylic acids is 2. The van der Waals surface area contributed by atoms with Gasteiger partial charge in [-0.3, -0.25) is 9.59 Å². The summed E-state index contributed by atoms with van der Waals surface area (Å²) in [4.78, 5) is 26.5. The smallest absolute Gasteiger partial charge is 0.291 e. The number of hydrogen-bond donors (Lipinski definition) is 2. The molecule has 0 radical (unpaired) electrons. The lowest BCUT2D eigenvalue weighted by Gasteiger charge is -2.19. The molecule has 118 valence electrons. The Labute approximate surface area is 132 Å². The van der Waals surface area contributed by atoms with Crippen molar-refractivity contribution in [1.82, 2.24) is 4.90 Å². The van der Waals surface area contributed by atoms with Crippen LogP contribution in [0.15, 0.2) is 28.9 Å². The molecule has 0 spiro atoms. The average molecular weight is 322 g/mol. The third kappa shape index (κ3) is 3.55. The van der Waals surface area contributed by atoms with Crippen molar-refractivity contribution in [2.24, 2.45) is 0 Å². The van der Waals surface area contributed by atoms with Gasteiger partial charge in [-0.15, -0.1) is 11.3 Å². The molecule has 2 rings (SSSR count). The molecular weight excluding hydrogens is 304 g/mol. The number of likely N-dealkylation sites (N-methyl/N-ethyl adjacent to an activating group) is 1. The van der Waals surface area contributed by atoms with E-state index in [4.69, 9.17) is 9.52 Å². The summed E-state index contributed by atoms with van der Waals surface area (Å²) < 4.78 is 5.03. The van der Waals surface area contributed by atoms with Crippen LogP contribution >= 0.6 is 11.3 Å². The van der Waals surface area contributed by atoms with Crippen molar-refractivity contribution in [3.8, 4) is 0 Å². The van der Waals surface area contributed by atoms with E-state index in [0.717, 1.165) is 5.56 Å². The first-order valence-corrected chi connectivity index (χ1v) is 7.73. The number of rotatable bonds is 6. The van der Waals surface area contributed by atoms with Crippen LogP contribution in [0.25, 0.3) is 0 Å². The number of carbonyl (C=O) groups is 2. The summed E-state index contributed by atoms with van der Waals surface area (Å²) in [5, 5.41) is 12.3. The maximum Gasteiger partial charge on any atom is 0.291 e. The molecule has 2 amide bonds. The predicted octanol–water partition coefficient (Wildman–Crippen LogP) is 2.36. The van der Waals surface area contributed by atoms with E-state index in [1.54, 1.807) is 23.1 Å². The summed E-state index contributed by atoms with van der Waals surface area (Å²) in [6.07, 6.45) is 1.43. The molecule has 0 atom stereocenters. The second kappa shape index (κ2) is 7.24. The molecule has 0 fully saturated rings. The monoisotopic (exact) mass is 322 g/mol. The highest BCUT2D eigenvalue weighted by atomic mass is 32.1. The van der Waals surface area contributed by atoms with Crippen molar-refractivity contribution in [2.45, 2.75) is 13.8 Å². The highest BCUT2D eigenvalue weighted by molar-refractivity contribution is 7.18. The normalized spacial score (nSPS) is 10.5. The zero-order valence-electron chi connectivity index (χ0n) is 12.5. The number of nitrogens with one attached hydrogen (secondary N) is 1. The molecule has 0 aromatic carbocycles. The first kappa shape index (κ1) is 16.3. The molecule has 2 aromatic rings. The maximum atomic E-state index is 12.4. The van der Waals surface area contributed by atoms with Crippen LogP contribution in [-0.4, -0.2) is 41.5 Å². The van der Waals surface area contributed by atoms with Gasteiger partial charge in [0.15, 0.2) is 5.76 Å². The Hall–Kier alpha value is -2.12. The number of aliphatic hydroxyl groups excluding tert-OH is 1. The van der Waals surface area contributed by atoms with Crippen LogP contribution in [0.5, 0.6) is 0 Å². The standard InChI is InChI=1S/C15H18N2O4S/c1-3-17(6-7-18)15(20)13-10(2)9-12(22-13)16-14(19)11-5-4-8-21-11/h4-5,8-9,18H,3,6-7H2,1-2H3,(H,16,19).